The summed E-state index contributed by atoms with van der Waals surface area (Å²) in [5.41, 5.74) is 2.62. The van der Waals surface area contributed by atoms with Crippen LogP contribution in [0.25, 0.3) is 0 Å². The molecule has 0 bridgehead atoms. The van der Waals surface area contributed by atoms with Gasteiger partial charge in [0.15, 0.2) is 0 Å². The van der Waals surface area contributed by atoms with Crippen LogP contribution >= 0.6 is 0 Å². The lowest BCUT2D eigenvalue weighted by Gasteiger charge is -2.37. The second kappa shape index (κ2) is 14.0. The molecule has 0 aromatic heterocycles. The zero-order valence-corrected chi connectivity index (χ0v) is 21.1. The highest BCUT2D eigenvalue weighted by Gasteiger charge is 2.37. The van der Waals surface area contributed by atoms with Crippen molar-refractivity contribution in [1.29, 1.82) is 0 Å². The Labute approximate surface area is 208 Å². The molecule has 1 fully saturated rings. The molecule has 0 aliphatic carbocycles. The number of hydrogen-bond donors (Lipinski definition) is 1. The Kier molecular flexibility index (Phi) is 10.8. The fraction of sp³-hybridized carbons (Fsp3) is 0.593. The highest BCUT2D eigenvalue weighted by molar-refractivity contribution is 5.98. The van der Waals surface area contributed by atoms with Gasteiger partial charge in [-0.2, -0.15) is 0 Å². The number of ether oxygens (including phenoxy) is 2. The lowest BCUT2D eigenvalue weighted by atomic mass is 9.88. The van der Waals surface area contributed by atoms with Crippen LogP contribution in [0.1, 0.15) is 44.6 Å². The van der Waals surface area contributed by atoms with Gasteiger partial charge in [0.25, 0.3) is 5.91 Å². The normalized spacial score (nSPS) is 18.7. The molecule has 0 radical (unpaired) electrons. The van der Waals surface area contributed by atoms with Gasteiger partial charge in [-0.15, -0.1) is 0 Å². The van der Waals surface area contributed by atoms with Crippen LogP contribution in [-0.2, 0) is 30.3 Å². The van der Waals surface area contributed by atoms with E-state index in [2.05, 4.69) is 17.4 Å². The van der Waals surface area contributed by atoms with Gasteiger partial charge in [-0.1, -0.05) is 30.3 Å². The number of allylic oxidation sites excluding steroid dienone is 1. The summed E-state index contributed by atoms with van der Waals surface area (Å²) in [5, 5.41) is 2.96. The Hall–Kier alpha value is -2.71. The Bertz CT molecular complexity index is 880. The Morgan fingerprint density at radius 1 is 1.11 bits per heavy atom. The first-order valence-corrected chi connectivity index (χ1v) is 12.7. The quantitative estimate of drug-likeness (QED) is 0.460. The number of hydrogen-bond acceptors (Lipinski definition) is 5. The van der Waals surface area contributed by atoms with E-state index >= 15 is 0 Å². The molecule has 2 aliphatic heterocycles. The minimum atomic E-state index is -0.537. The van der Waals surface area contributed by atoms with E-state index < -0.39 is 5.92 Å². The number of benzene rings is 1. The molecule has 1 aromatic rings. The van der Waals surface area contributed by atoms with Crippen LogP contribution in [0.5, 0.6) is 0 Å². The average Bonchev–Trinajstić information content (AvgIpc) is 2.88. The van der Waals surface area contributed by atoms with Gasteiger partial charge in [0.1, 0.15) is 0 Å². The number of aryl methyl sites for hydroxylation is 1. The van der Waals surface area contributed by atoms with Crippen molar-refractivity contribution in [2.45, 2.75) is 45.4 Å². The van der Waals surface area contributed by atoms with E-state index in [4.69, 9.17) is 9.47 Å². The molecule has 3 rings (SSSR count). The summed E-state index contributed by atoms with van der Waals surface area (Å²) in [4.78, 5) is 42.7. The van der Waals surface area contributed by atoms with E-state index in [-0.39, 0.29) is 24.1 Å². The molecule has 8 heteroatoms. The van der Waals surface area contributed by atoms with E-state index in [1.165, 1.54) is 5.56 Å². The lowest BCUT2D eigenvalue weighted by molar-refractivity contribution is -0.139. The molecule has 35 heavy (non-hydrogen) atoms. The van der Waals surface area contributed by atoms with Crippen LogP contribution in [0.3, 0.4) is 0 Å². The largest absolute Gasteiger partial charge is 0.385 e. The fourth-order valence-electron chi connectivity index (χ4n) is 4.66. The molecule has 192 valence electrons. The summed E-state index contributed by atoms with van der Waals surface area (Å²) in [7, 11) is 1.63. The van der Waals surface area contributed by atoms with Gasteiger partial charge < -0.3 is 24.6 Å². The number of nitrogens with zero attached hydrogens (tertiary/aromatic N) is 2. The molecule has 1 unspecified atom stereocenters. The first-order chi connectivity index (χ1) is 17.0. The molecule has 0 spiro atoms. The van der Waals surface area contributed by atoms with Gasteiger partial charge >= 0.3 is 0 Å². The first-order valence-electron chi connectivity index (χ1n) is 12.7. The smallest absolute Gasteiger partial charge is 0.251 e. The second-order valence-corrected chi connectivity index (χ2v) is 9.20. The van der Waals surface area contributed by atoms with Crippen molar-refractivity contribution in [3.63, 3.8) is 0 Å². The predicted molar refractivity (Wildman–Crippen MR) is 133 cm³/mol. The zero-order chi connectivity index (χ0) is 25.0. The molecule has 3 amide bonds. The standard InChI is InChI=1S/C27H39N3O5/c1-21-24(27(33)29-14-17-35-18-15-29)19-23(26(32)30(21)13-8-16-34-2)20-25(31)28-12-7-6-11-22-9-4-3-5-10-22/h3-5,9-10,23H,6-8,11-20H2,1-2H3,(H,28,31). The first kappa shape index (κ1) is 26.9. The molecular weight excluding hydrogens is 446 g/mol. The van der Waals surface area contributed by atoms with Gasteiger partial charge in [-0.3, -0.25) is 14.4 Å². The molecule has 8 nitrogen and oxygen atoms in total. The summed E-state index contributed by atoms with van der Waals surface area (Å²) < 4.78 is 10.5. The summed E-state index contributed by atoms with van der Waals surface area (Å²) in [5.74, 6) is -0.819. The van der Waals surface area contributed by atoms with Crippen LogP contribution in [0, 0.1) is 5.92 Å². The minimum absolute atomic E-state index is 0.0543. The van der Waals surface area contributed by atoms with Crippen LogP contribution in [0.15, 0.2) is 41.6 Å². The van der Waals surface area contributed by atoms with Gasteiger partial charge in [-0.05, 0) is 44.6 Å². The zero-order valence-electron chi connectivity index (χ0n) is 21.1. The molecule has 1 atom stereocenters. The number of carbonyl (C=O) groups is 3. The number of nitrogens with one attached hydrogen (secondary N) is 1. The van der Waals surface area contributed by atoms with Crippen LogP contribution < -0.4 is 5.32 Å². The monoisotopic (exact) mass is 485 g/mol. The average molecular weight is 486 g/mol. The molecule has 1 saturated heterocycles. The summed E-state index contributed by atoms with van der Waals surface area (Å²) in [6, 6.07) is 10.3. The van der Waals surface area contributed by atoms with Crippen molar-refractivity contribution in [2.24, 2.45) is 5.92 Å². The number of unbranched alkanes of at least 4 members (excludes halogenated alkanes) is 1. The summed E-state index contributed by atoms with van der Waals surface area (Å²) in [6.07, 6.45) is 3.89. The molecule has 2 aliphatic rings. The topological polar surface area (TPSA) is 88.2 Å². The number of carbonyl (C=O) groups excluding carboxylic acids is 3. The van der Waals surface area contributed by atoms with Gasteiger partial charge in [0.2, 0.25) is 11.8 Å². The molecule has 1 aromatic carbocycles. The van der Waals surface area contributed by atoms with Crippen molar-refractivity contribution in [2.75, 3.05) is 53.1 Å². The molecule has 2 heterocycles. The Balaban J connectivity index is 1.57. The SMILES string of the molecule is COCCCN1C(=O)C(CC(=O)NCCCCc2ccccc2)CC(C(=O)N2CCOCC2)=C1C. The molecule has 1 N–H and O–H groups in total. The maximum atomic E-state index is 13.3. The minimum Gasteiger partial charge on any atom is -0.385 e. The van der Waals surface area contributed by atoms with E-state index in [0.29, 0.717) is 70.1 Å². The van der Waals surface area contributed by atoms with Gasteiger partial charge in [-0.25, -0.2) is 0 Å². The second-order valence-electron chi connectivity index (χ2n) is 9.20. The van der Waals surface area contributed by atoms with E-state index in [1.54, 1.807) is 16.9 Å². The molecular formula is C27H39N3O5. The van der Waals surface area contributed by atoms with Gasteiger partial charge in [0, 0.05) is 57.6 Å². The number of amides is 3. The third-order valence-corrected chi connectivity index (χ3v) is 6.68. The van der Waals surface area contributed by atoms with Crippen molar-refractivity contribution in [3.05, 3.63) is 47.2 Å². The fourth-order valence-corrected chi connectivity index (χ4v) is 4.66. The summed E-state index contributed by atoms with van der Waals surface area (Å²) in [6.45, 7) is 5.53. The van der Waals surface area contributed by atoms with Crippen LogP contribution in [0.2, 0.25) is 0 Å². The number of methoxy groups -OCH3 is 1. The third kappa shape index (κ3) is 7.90. The number of rotatable bonds is 12. The summed E-state index contributed by atoms with van der Waals surface area (Å²) >= 11 is 0. The van der Waals surface area contributed by atoms with E-state index in [1.807, 2.05) is 25.1 Å². The molecule has 0 saturated carbocycles. The third-order valence-electron chi connectivity index (χ3n) is 6.68. The van der Waals surface area contributed by atoms with Crippen LogP contribution in [0.4, 0.5) is 0 Å². The predicted octanol–water partition coefficient (Wildman–Crippen LogP) is 2.53. The Morgan fingerprint density at radius 2 is 1.86 bits per heavy atom. The maximum absolute atomic E-state index is 13.3. The van der Waals surface area contributed by atoms with E-state index in [0.717, 1.165) is 19.3 Å². The highest BCUT2D eigenvalue weighted by atomic mass is 16.5. The Morgan fingerprint density at radius 3 is 2.57 bits per heavy atom. The number of morpholine rings is 1. The van der Waals surface area contributed by atoms with Crippen molar-refractivity contribution >= 4 is 17.7 Å². The highest BCUT2D eigenvalue weighted by Crippen LogP contribution is 2.31. The van der Waals surface area contributed by atoms with Crippen molar-refractivity contribution in [3.8, 4) is 0 Å². The maximum Gasteiger partial charge on any atom is 0.251 e. The van der Waals surface area contributed by atoms with Gasteiger partial charge in [0.05, 0.1) is 19.1 Å². The van der Waals surface area contributed by atoms with Crippen LogP contribution in [-0.4, -0.2) is 80.6 Å². The van der Waals surface area contributed by atoms with Crippen molar-refractivity contribution in [1.82, 2.24) is 15.1 Å². The lowest BCUT2D eigenvalue weighted by Crippen LogP contribution is -2.47. The van der Waals surface area contributed by atoms with Crippen molar-refractivity contribution < 1.29 is 23.9 Å². The van der Waals surface area contributed by atoms with E-state index in [9.17, 15) is 14.4 Å².